The van der Waals surface area contributed by atoms with Crippen molar-refractivity contribution in [1.82, 2.24) is 0 Å². The third-order valence-corrected chi connectivity index (χ3v) is 2.27. The molecule has 0 saturated heterocycles. The third-order valence-electron chi connectivity index (χ3n) is 2.27. The quantitative estimate of drug-likeness (QED) is 0.484. The molecule has 1 aliphatic rings. The molecule has 0 amide bonds. The summed E-state index contributed by atoms with van der Waals surface area (Å²) in [6.07, 6.45) is -0.913. The number of cyclic esters (lactones) is 1. The summed E-state index contributed by atoms with van der Waals surface area (Å²) >= 11 is 0. The molecule has 4 nitrogen and oxygen atoms in total. The average molecular weight is 186 g/mol. The number of hydrogen-bond donors (Lipinski definition) is 0. The molecule has 0 fully saturated rings. The van der Waals surface area contributed by atoms with Gasteiger partial charge < -0.3 is 14.2 Å². The fraction of sp³-hybridized carbons (Fsp3) is 0.667. The van der Waals surface area contributed by atoms with E-state index in [1.54, 1.807) is 6.92 Å². The fourth-order valence-corrected chi connectivity index (χ4v) is 1.27. The maximum atomic E-state index is 11.1. The smallest absolute Gasteiger partial charge is 0.334 e. The second-order valence-electron chi connectivity index (χ2n) is 2.97. The first-order chi connectivity index (χ1) is 6.11. The Hall–Kier alpha value is -0.870. The van der Waals surface area contributed by atoms with Gasteiger partial charge in [-0.15, -0.1) is 0 Å². The van der Waals surface area contributed by atoms with Gasteiger partial charge >= 0.3 is 5.97 Å². The molecule has 0 spiro atoms. The van der Waals surface area contributed by atoms with Gasteiger partial charge in [0.15, 0.2) is 12.4 Å². The zero-order valence-corrected chi connectivity index (χ0v) is 8.29. The van der Waals surface area contributed by atoms with Crippen molar-refractivity contribution < 1.29 is 19.0 Å². The first-order valence-electron chi connectivity index (χ1n) is 4.05. The average Bonchev–Trinajstić information content (AvgIpc) is 2.36. The highest BCUT2D eigenvalue weighted by Gasteiger charge is 2.34. The van der Waals surface area contributed by atoms with Gasteiger partial charge in [-0.3, -0.25) is 0 Å². The Labute approximate surface area is 77.5 Å². The van der Waals surface area contributed by atoms with Crippen LogP contribution < -0.4 is 0 Å². The largest absolute Gasteiger partial charge is 0.449 e. The molecule has 0 saturated carbocycles. The Kier molecular flexibility index (Phi) is 3.06. The molecule has 0 bridgehead atoms. The number of hydrogen-bond acceptors (Lipinski definition) is 4. The molecule has 0 aliphatic carbocycles. The highest BCUT2D eigenvalue weighted by Crippen LogP contribution is 2.25. The lowest BCUT2D eigenvalue weighted by atomic mass is 10.1. The highest BCUT2D eigenvalue weighted by atomic mass is 16.7. The molecule has 0 radical (unpaired) electrons. The van der Waals surface area contributed by atoms with Crippen LogP contribution in [0.1, 0.15) is 13.8 Å². The van der Waals surface area contributed by atoms with Crippen LogP contribution in [0.15, 0.2) is 11.1 Å². The van der Waals surface area contributed by atoms with Gasteiger partial charge in [-0.25, -0.2) is 4.79 Å². The summed E-state index contributed by atoms with van der Waals surface area (Å²) < 4.78 is 15.1. The molecule has 74 valence electrons. The molecule has 1 aliphatic heterocycles. The molecular formula is C9H14O4. The van der Waals surface area contributed by atoms with Gasteiger partial charge in [-0.05, 0) is 19.4 Å². The Balaban J connectivity index is 2.80. The molecule has 0 N–H and O–H groups in total. The summed E-state index contributed by atoms with van der Waals surface area (Å²) in [5.41, 5.74) is 1.52. The summed E-state index contributed by atoms with van der Waals surface area (Å²) in [7, 11) is 3.03. The minimum atomic E-state index is -0.513. The third kappa shape index (κ3) is 1.73. The maximum Gasteiger partial charge on any atom is 0.334 e. The predicted octanol–water partition coefficient (Wildman–Crippen LogP) is 0.867. The van der Waals surface area contributed by atoms with E-state index >= 15 is 0 Å². The molecule has 0 unspecified atom stereocenters. The lowest BCUT2D eigenvalue weighted by molar-refractivity contribution is -0.175. The van der Waals surface area contributed by atoms with Crippen molar-refractivity contribution in [3.63, 3.8) is 0 Å². The van der Waals surface area contributed by atoms with Gasteiger partial charge in [-0.2, -0.15) is 0 Å². The van der Waals surface area contributed by atoms with E-state index in [0.717, 1.165) is 5.57 Å². The van der Waals surface area contributed by atoms with Crippen molar-refractivity contribution in [2.45, 2.75) is 26.2 Å². The predicted molar refractivity (Wildman–Crippen MR) is 46.1 cm³/mol. The summed E-state index contributed by atoms with van der Waals surface area (Å²) in [6.45, 7) is 3.58. The van der Waals surface area contributed by atoms with E-state index in [1.165, 1.54) is 14.2 Å². The van der Waals surface area contributed by atoms with Crippen LogP contribution in [-0.2, 0) is 19.0 Å². The van der Waals surface area contributed by atoms with E-state index in [-0.39, 0.29) is 5.97 Å². The monoisotopic (exact) mass is 186 g/mol. The van der Waals surface area contributed by atoms with Gasteiger partial charge in [0, 0.05) is 19.8 Å². The molecule has 1 rings (SSSR count). The summed E-state index contributed by atoms with van der Waals surface area (Å²) in [4.78, 5) is 11.1. The van der Waals surface area contributed by atoms with Crippen molar-refractivity contribution in [3.8, 4) is 0 Å². The highest BCUT2D eigenvalue weighted by molar-refractivity contribution is 5.91. The number of methoxy groups -OCH3 is 2. The SMILES string of the molecule is COC(OC)[C@@H]1OC(=O)C(C)=C1C. The number of carbonyl (C=O) groups is 1. The second kappa shape index (κ2) is 3.89. The van der Waals surface area contributed by atoms with E-state index < -0.39 is 12.4 Å². The van der Waals surface area contributed by atoms with E-state index in [9.17, 15) is 4.79 Å². The lowest BCUT2D eigenvalue weighted by Crippen LogP contribution is -2.31. The molecule has 13 heavy (non-hydrogen) atoms. The van der Waals surface area contributed by atoms with E-state index in [2.05, 4.69) is 0 Å². The molecule has 0 aromatic heterocycles. The summed E-state index contributed by atoms with van der Waals surface area (Å²) in [6, 6.07) is 0. The Morgan fingerprint density at radius 3 is 2.15 bits per heavy atom. The number of ether oxygens (including phenoxy) is 3. The van der Waals surface area contributed by atoms with Crippen molar-refractivity contribution in [2.75, 3.05) is 14.2 Å². The summed E-state index contributed by atoms with van der Waals surface area (Å²) in [5.74, 6) is -0.290. The van der Waals surface area contributed by atoms with E-state index in [4.69, 9.17) is 14.2 Å². The minimum Gasteiger partial charge on any atom is -0.449 e. The molecule has 0 aromatic rings. The minimum absolute atomic E-state index is 0.290. The Bertz CT molecular complexity index is 240. The van der Waals surface area contributed by atoms with Crippen LogP contribution in [0.3, 0.4) is 0 Å². The van der Waals surface area contributed by atoms with E-state index in [0.29, 0.717) is 5.57 Å². The maximum absolute atomic E-state index is 11.1. The topological polar surface area (TPSA) is 44.8 Å². The van der Waals surface area contributed by atoms with Gasteiger partial charge in [0.1, 0.15) is 0 Å². The molecular weight excluding hydrogens is 172 g/mol. The fourth-order valence-electron chi connectivity index (χ4n) is 1.27. The number of carbonyl (C=O) groups excluding carboxylic acids is 1. The van der Waals surface area contributed by atoms with Crippen molar-refractivity contribution in [3.05, 3.63) is 11.1 Å². The van der Waals surface area contributed by atoms with Gasteiger partial charge in [0.05, 0.1) is 0 Å². The first kappa shape index (κ1) is 10.2. The Morgan fingerprint density at radius 2 is 1.85 bits per heavy atom. The van der Waals surface area contributed by atoms with Gasteiger partial charge in [-0.1, -0.05) is 0 Å². The zero-order valence-electron chi connectivity index (χ0n) is 8.29. The van der Waals surface area contributed by atoms with Crippen LogP contribution in [0, 0.1) is 0 Å². The standard InChI is InChI=1S/C9H14O4/c1-5-6(2)8(10)13-7(5)9(11-3)12-4/h7,9H,1-4H3/t7-/m1/s1. The molecule has 0 aromatic carbocycles. The van der Waals surface area contributed by atoms with E-state index in [1.807, 2.05) is 6.92 Å². The molecule has 1 heterocycles. The first-order valence-corrected chi connectivity index (χ1v) is 4.05. The van der Waals surface area contributed by atoms with Crippen molar-refractivity contribution >= 4 is 5.97 Å². The van der Waals surface area contributed by atoms with Crippen LogP contribution in [0.5, 0.6) is 0 Å². The Morgan fingerprint density at radius 1 is 1.31 bits per heavy atom. The normalized spacial score (nSPS) is 22.8. The molecule has 4 heteroatoms. The number of esters is 1. The van der Waals surface area contributed by atoms with Crippen LogP contribution in [0.4, 0.5) is 0 Å². The number of rotatable bonds is 3. The van der Waals surface area contributed by atoms with Crippen molar-refractivity contribution in [1.29, 1.82) is 0 Å². The van der Waals surface area contributed by atoms with Crippen LogP contribution in [-0.4, -0.2) is 32.6 Å². The van der Waals surface area contributed by atoms with Crippen LogP contribution in [0.25, 0.3) is 0 Å². The van der Waals surface area contributed by atoms with Crippen LogP contribution in [0.2, 0.25) is 0 Å². The van der Waals surface area contributed by atoms with Crippen LogP contribution >= 0.6 is 0 Å². The lowest BCUT2D eigenvalue weighted by Gasteiger charge is -2.20. The summed E-state index contributed by atoms with van der Waals surface area (Å²) in [5, 5.41) is 0. The molecule has 1 atom stereocenters. The van der Waals surface area contributed by atoms with Gasteiger partial charge in [0.2, 0.25) is 0 Å². The zero-order chi connectivity index (χ0) is 10.0. The second-order valence-corrected chi connectivity index (χ2v) is 2.97. The van der Waals surface area contributed by atoms with Crippen molar-refractivity contribution in [2.24, 2.45) is 0 Å². The van der Waals surface area contributed by atoms with Gasteiger partial charge in [0.25, 0.3) is 0 Å².